The molecule has 0 unspecified atom stereocenters. The molecule has 1 aliphatic heterocycles. The zero-order valence-electron chi connectivity index (χ0n) is 18.1. The Morgan fingerprint density at radius 2 is 1.74 bits per heavy atom. The molecule has 0 radical (unpaired) electrons. The minimum absolute atomic E-state index is 0.398. The van der Waals surface area contributed by atoms with Gasteiger partial charge >= 0.3 is 0 Å². The highest BCUT2D eigenvalue weighted by Crippen LogP contribution is 2.27. The standard InChI is InChI=1S/C23H27N7O/c1-15-22(26-17-9-5-4-8-16(17)25-15)18-12-21-27-20(29-10-6-7-11-29)13-19(30(21)28-18)24-14-23(2,3)31/h4-5,8-9,12-13,24,31H,6-7,10-11,14H2,1-3H3. The van der Waals surface area contributed by atoms with Crippen LogP contribution in [0.4, 0.5) is 11.6 Å². The molecule has 3 aromatic heterocycles. The summed E-state index contributed by atoms with van der Waals surface area (Å²) < 4.78 is 1.79. The Kier molecular flexibility index (Phi) is 4.74. The molecule has 160 valence electrons. The Morgan fingerprint density at radius 1 is 1.03 bits per heavy atom. The molecule has 1 aliphatic rings. The quantitative estimate of drug-likeness (QED) is 0.514. The minimum Gasteiger partial charge on any atom is -0.389 e. The highest BCUT2D eigenvalue weighted by molar-refractivity contribution is 5.78. The predicted molar refractivity (Wildman–Crippen MR) is 122 cm³/mol. The first-order chi connectivity index (χ1) is 14.9. The van der Waals surface area contributed by atoms with Crippen LogP contribution >= 0.6 is 0 Å². The lowest BCUT2D eigenvalue weighted by Gasteiger charge is -2.21. The summed E-state index contributed by atoms with van der Waals surface area (Å²) in [6, 6.07) is 11.8. The van der Waals surface area contributed by atoms with Crippen LogP contribution in [-0.2, 0) is 0 Å². The number of aromatic nitrogens is 5. The second-order valence-corrected chi connectivity index (χ2v) is 8.81. The fourth-order valence-corrected chi connectivity index (χ4v) is 3.95. The molecule has 8 nitrogen and oxygen atoms in total. The number of rotatable bonds is 5. The second-order valence-electron chi connectivity index (χ2n) is 8.81. The van der Waals surface area contributed by atoms with Crippen molar-refractivity contribution < 1.29 is 5.11 Å². The average Bonchev–Trinajstić information content (AvgIpc) is 3.40. The third-order valence-electron chi connectivity index (χ3n) is 5.53. The first kappa shape index (κ1) is 19.7. The van der Waals surface area contributed by atoms with E-state index in [-0.39, 0.29) is 0 Å². The van der Waals surface area contributed by atoms with Gasteiger partial charge in [0.1, 0.15) is 23.0 Å². The molecule has 8 heteroatoms. The predicted octanol–water partition coefficient (Wildman–Crippen LogP) is 3.43. The van der Waals surface area contributed by atoms with E-state index < -0.39 is 5.60 Å². The van der Waals surface area contributed by atoms with Gasteiger partial charge in [-0.15, -0.1) is 0 Å². The summed E-state index contributed by atoms with van der Waals surface area (Å²) in [5.41, 5.74) is 3.91. The molecule has 4 aromatic rings. The van der Waals surface area contributed by atoms with E-state index in [4.69, 9.17) is 20.1 Å². The van der Waals surface area contributed by atoms with E-state index in [1.54, 1.807) is 18.4 Å². The van der Waals surface area contributed by atoms with E-state index in [0.29, 0.717) is 6.54 Å². The van der Waals surface area contributed by atoms with Gasteiger partial charge in [0.2, 0.25) is 0 Å². The number of hydrogen-bond donors (Lipinski definition) is 2. The van der Waals surface area contributed by atoms with E-state index in [0.717, 1.165) is 58.5 Å². The number of fused-ring (bicyclic) bond motifs is 2. The van der Waals surface area contributed by atoms with Gasteiger partial charge in [-0.2, -0.15) is 9.61 Å². The van der Waals surface area contributed by atoms with Crippen molar-refractivity contribution in [2.24, 2.45) is 0 Å². The molecule has 2 N–H and O–H groups in total. The van der Waals surface area contributed by atoms with Crippen LogP contribution in [0.5, 0.6) is 0 Å². The van der Waals surface area contributed by atoms with Crippen molar-refractivity contribution in [1.29, 1.82) is 0 Å². The SMILES string of the molecule is Cc1nc2ccccc2nc1-c1cc2nc(N3CCCC3)cc(NCC(C)(C)O)n2n1. The number of anilines is 2. The van der Waals surface area contributed by atoms with Crippen LogP contribution < -0.4 is 10.2 Å². The average molecular weight is 418 g/mol. The summed E-state index contributed by atoms with van der Waals surface area (Å²) in [4.78, 5) is 16.7. The Labute approximate surface area is 181 Å². The normalized spacial score (nSPS) is 14.6. The van der Waals surface area contributed by atoms with Crippen LogP contribution in [0.15, 0.2) is 36.4 Å². The number of benzene rings is 1. The number of hydrogen-bond acceptors (Lipinski definition) is 7. The van der Waals surface area contributed by atoms with Crippen molar-refractivity contribution in [2.45, 2.75) is 39.2 Å². The van der Waals surface area contributed by atoms with Gasteiger partial charge in [0.25, 0.3) is 0 Å². The molecule has 0 aliphatic carbocycles. The first-order valence-corrected chi connectivity index (χ1v) is 10.7. The molecule has 0 spiro atoms. The summed E-state index contributed by atoms with van der Waals surface area (Å²) in [5.74, 6) is 1.72. The molecule has 0 saturated carbocycles. The number of nitrogens with zero attached hydrogens (tertiary/aromatic N) is 6. The maximum absolute atomic E-state index is 10.2. The van der Waals surface area contributed by atoms with E-state index >= 15 is 0 Å². The fraction of sp³-hybridized carbons (Fsp3) is 0.391. The van der Waals surface area contributed by atoms with Gasteiger partial charge in [-0.25, -0.2) is 15.0 Å². The van der Waals surface area contributed by atoms with E-state index in [9.17, 15) is 5.11 Å². The van der Waals surface area contributed by atoms with E-state index in [2.05, 4.69) is 10.2 Å². The zero-order chi connectivity index (χ0) is 21.6. The lowest BCUT2D eigenvalue weighted by atomic mass is 10.1. The summed E-state index contributed by atoms with van der Waals surface area (Å²) in [6.07, 6.45) is 2.35. The van der Waals surface area contributed by atoms with Crippen molar-refractivity contribution in [1.82, 2.24) is 24.6 Å². The van der Waals surface area contributed by atoms with Crippen molar-refractivity contribution in [2.75, 3.05) is 29.9 Å². The second kappa shape index (κ2) is 7.46. The third kappa shape index (κ3) is 3.90. The molecule has 0 amide bonds. The Morgan fingerprint density at radius 3 is 2.45 bits per heavy atom. The zero-order valence-corrected chi connectivity index (χ0v) is 18.1. The summed E-state index contributed by atoms with van der Waals surface area (Å²) in [5, 5.41) is 18.4. The molecular formula is C23H27N7O. The van der Waals surface area contributed by atoms with Crippen LogP contribution in [0.2, 0.25) is 0 Å². The van der Waals surface area contributed by atoms with Crippen molar-refractivity contribution in [3.8, 4) is 11.4 Å². The number of nitrogens with one attached hydrogen (secondary N) is 1. The monoisotopic (exact) mass is 417 g/mol. The van der Waals surface area contributed by atoms with Gasteiger partial charge in [-0.1, -0.05) is 12.1 Å². The maximum Gasteiger partial charge on any atom is 0.160 e. The van der Waals surface area contributed by atoms with E-state index in [1.807, 2.05) is 43.3 Å². The summed E-state index contributed by atoms with van der Waals surface area (Å²) in [6.45, 7) is 7.92. The molecule has 1 fully saturated rings. The van der Waals surface area contributed by atoms with Gasteiger partial charge in [0, 0.05) is 31.8 Å². The van der Waals surface area contributed by atoms with Gasteiger partial charge in [0.15, 0.2) is 5.65 Å². The van der Waals surface area contributed by atoms with Crippen molar-refractivity contribution >= 4 is 28.3 Å². The lowest BCUT2D eigenvalue weighted by Crippen LogP contribution is -2.30. The molecule has 4 heterocycles. The van der Waals surface area contributed by atoms with Crippen molar-refractivity contribution in [3.05, 3.63) is 42.1 Å². The van der Waals surface area contributed by atoms with Gasteiger partial charge in [0.05, 0.1) is 22.3 Å². The largest absolute Gasteiger partial charge is 0.389 e. The Bertz CT molecular complexity index is 1250. The van der Waals surface area contributed by atoms with Crippen LogP contribution in [0.1, 0.15) is 32.4 Å². The number of para-hydroxylation sites is 2. The lowest BCUT2D eigenvalue weighted by molar-refractivity contribution is 0.0944. The first-order valence-electron chi connectivity index (χ1n) is 10.7. The maximum atomic E-state index is 10.2. The number of aryl methyl sites for hydroxylation is 1. The fourth-order valence-electron chi connectivity index (χ4n) is 3.95. The van der Waals surface area contributed by atoms with Crippen LogP contribution in [0, 0.1) is 6.92 Å². The smallest absolute Gasteiger partial charge is 0.160 e. The van der Waals surface area contributed by atoms with Crippen LogP contribution in [0.25, 0.3) is 28.1 Å². The van der Waals surface area contributed by atoms with E-state index in [1.165, 1.54) is 12.8 Å². The molecule has 0 atom stereocenters. The highest BCUT2D eigenvalue weighted by Gasteiger charge is 2.20. The Balaban J connectivity index is 1.63. The van der Waals surface area contributed by atoms with Gasteiger partial charge in [-0.05, 0) is 45.7 Å². The molecule has 1 aromatic carbocycles. The summed E-state index contributed by atoms with van der Waals surface area (Å²) >= 11 is 0. The number of aliphatic hydroxyl groups is 1. The molecule has 31 heavy (non-hydrogen) atoms. The van der Waals surface area contributed by atoms with Crippen LogP contribution in [0.3, 0.4) is 0 Å². The molecule has 0 bridgehead atoms. The molecular weight excluding hydrogens is 390 g/mol. The summed E-state index contributed by atoms with van der Waals surface area (Å²) in [7, 11) is 0. The van der Waals surface area contributed by atoms with Gasteiger partial charge < -0.3 is 15.3 Å². The van der Waals surface area contributed by atoms with Crippen molar-refractivity contribution in [3.63, 3.8) is 0 Å². The Hall–Kier alpha value is -3.26. The van der Waals surface area contributed by atoms with Gasteiger partial charge in [-0.3, -0.25) is 0 Å². The molecule has 1 saturated heterocycles. The topological polar surface area (TPSA) is 91.5 Å². The minimum atomic E-state index is -0.847. The highest BCUT2D eigenvalue weighted by atomic mass is 16.3. The molecule has 5 rings (SSSR count). The third-order valence-corrected chi connectivity index (χ3v) is 5.53. The van der Waals surface area contributed by atoms with Crippen LogP contribution in [-0.4, -0.2) is 54.9 Å².